The molecule has 1 aromatic heterocycles. The highest BCUT2D eigenvalue weighted by atomic mass is 16.6. The zero-order valence-corrected chi connectivity index (χ0v) is 25.5. The number of nitrogens with zero attached hydrogens (tertiary/aromatic N) is 5. The molecule has 0 aromatic carbocycles. The van der Waals surface area contributed by atoms with Gasteiger partial charge in [0.25, 0.3) is 0 Å². The summed E-state index contributed by atoms with van der Waals surface area (Å²) < 4.78 is 12.5. The Kier molecular flexibility index (Phi) is 11.6. The van der Waals surface area contributed by atoms with E-state index in [1.807, 2.05) is 47.7 Å². The molecule has 11 nitrogen and oxygen atoms in total. The molecule has 3 atom stereocenters. The van der Waals surface area contributed by atoms with Crippen LogP contribution in [0.15, 0.2) is 6.20 Å². The third-order valence-electron chi connectivity index (χ3n) is 6.91. The Bertz CT molecular complexity index is 943. The van der Waals surface area contributed by atoms with Crippen molar-refractivity contribution in [2.75, 3.05) is 32.7 Å². The molecule has 1 unspecified atom stereocenters. The molecule has 3 amide bonds. The van der Waals surface area contributed by atoms with Crippen LogP contribution in [0.4, 0.5) is 9.59 Å². The minimum atomic E-state index is -0.565. The molecule has 1 aliphatic heterocycles. The van der Waals surface area contributed by atoms with Gasteiger partial charge in [0.1, 0.15) is 17.2 Å². The Morgan fingerprint density at radius 1 is 0.949 bits per heavy atom. The monoisotopic (exact) mass is 550 g/mol. The van der Waals surface area contributed by atoms with Gasteiger partial charge in [-0.3, -0.25) is 4.79 Å². The highest BCUT2D eigenvalue weighted by molar-refractivity contribution is 5.80. The van der Waals surface area contributed by atoms with Gasteiger partial charge in [0.15, 0.2) is 0 Å². The summed E-state index contributed by atoms with van der Waals surface area (Å²) in [6.07, 6.45) is 4.09. The fourth-order valence-electron chi connectivity index (χ4n) is 4.28. The number of carbonyl (C=O) groups is 3. The zero-order chi connectivity index (χ0) is 29.4. The van der Waals surface area contributed by atoms with Crippen molar-refractivity contribution in [3.63, 3.8) is 0 Å². The number of ether oxygens (including phenoxy) is 2. The Morgan fingerprint density at radius 3 is 2.10 bits per heavy atom. The van der Waals surface area contributed by atoms with E-state index in [1.165, 1.54) is 0 Å². The largest absolute Gasteiger partial charge is 0.444 e. The minimum absolute atomic E-state index is 0.0356. The second-order valence-corrected chi connectivity index (χ2v) is 12.5. The topological polar surface area (TPSA) is 119 Å². The maximum absolute atomic E-state index is 13.7. The molecule has 0 aliphatic carbocycles. The number of nitrogens with one attached hydrogen (secondary N) is 1. The predicted octanol–water partition coefficient (Wildman–Crippen LogP) is 4.74. The summed E-state index contributed by atoms with van der Waals surface area (Å²) in [5.41, 5.74) is -0.236. The maximum Gasteiger partial charge on any atom is 0.410 e. The van der Waals surface area contributed by atoms with Crippen LogP contribution in [0.3, 0.4) is 0 Å². The lowest BCUT2D eigenvalue weighted by Gasteiger charge is -2.37. The first kappa shape index (κ1) is 32.4. The van der Waals surface area contributed by atoms with Gasteiger partial charge in [-0.05, 0) is 66.7 Å². The summed E-state index contributed by atoms with van der Waals surface area (Å²) in [7, 11) is 0. The average molecular weight is 551 g/mol. The van der Waals surface area contributed by atoms with Crippen molar-refractivity contribution >= 4 is 18.1 Å². The van der Waals surface area contributed by atoms with E-state index in [9.17, 15) is 14.4 Å². The summed E-state index contributed by atoms with van der Waals surface area (Å²) in [5.74, 6) is 0.644. The Labute approximate surface area is 233 Å². The van der Waals surface area contributed by atoms with Gasteiger partial charge in [-0.25, -0.2) is 14.3 Å². The molecule has 0 bridgehead atoms. The summed E-state index contributed by atoms with van der Waals surface area (Å²) in [5, 5.41) is 11.5. The molecular formula is C28H50N6O5. The van der Waals surface area contributed by atoms with Crippen LogP contribution in [0, 0.1) is 5.92 Å². The van der Waals surface area contributed by atoms with Crippen molar-refractivity contribution in [2.24, 2.45) is 5.92 Å². The SMILES string of the molecule is CC[C@H](C)C(C)c1cn([C@@H](CCCCNC(=O)OC(C)(C)C)C(=O)N2CCN(C(=O)OC(C)(C)C)CC2)nn1. The van der Waals surface area contributed by atoms with Crippen LogP contribution in [0.1, 0.15) is 106 Å². The molecule has 1 fully saturated rings. The van der Waals surface area contributed by atoms with Crippen molar-refractivity contribution < 1.29 is 23.9 Å². The highest BCUT2D eigenvalue weighted by Crippen LogP contribution is 2.26. The first-order valence-electron chi connectivity index (χ1n) is 14.3. The molecule has 1 aliphatic rings. The summed E-state index contributed by atoms with van der Waals surface area (Å²) >= 11 is 0. The number of unbranched alkanes of at least 4 members (excludes halogenated alkanes) is 1. The average Bonchev–Trinajstić information content (AvgIpc) is 3.32. The molecule has 11 heteroatoms. The molecule has 0 saturated carbocycles. The van der Waals surface area contributed by atoms with E-state index in [4.69, 9.17) is 9.47 Å². The van der Waals surface area contributed by atoms with Gasteiger partial charge in [0.2, 0.25) is 5.91 Å². The van der Waals surface area contributed by atoms with E-state index in [0.717, 1.165) is 12.1 Å². The van der Waals surface area contributed by atoms with E-state index in [2.05, 4.69) is 36.4 Å². The maximum atomic E-state index is 13.7. The lowest BCUT2D eigenvalue weighted by molar-refractivity contribution is -0.137. The highest BCUT2D eigenvalue weighted by Gasteiger charge is 2.32. The van der Waals surface area contributed by atoms with Gasteiger partial charge in [0, 0.05) is 44.8 Å². The van der Waals surface area contributed by atoms with Crippen molar-refractivity contribution in [2.45, 2.75) is 111 Å². The standard InChI is InChI=1S/C28H50N6O5/c1-10-20(2)21(3)22-19-34(31-30-22)23(13-11-12-14-29-25(36)38-27(4,5)6)24(35)32-15-17-33(18-16-32)26(37)39-28(7,8)9/h19-21,23H,10-18H2,1-9H3,(H,29,36)/t20-,21?,23-/m0/s1. The molecule has 1 aromatic rings. The first-order valence-corrected chi connectivity index (χ1v) is 14.3. The number of rotatable bonds is 10. The molecule has 1 N–H and O–H groups in total. The molecule has 39 heavy (non-hydrogen) atoms. The van der Waals surface area contributed by atoms with Crippen molar-refractivity contribution in [3.8, 4) is 0 Å². The van der Waals surface area contributed by atoms with Gasteiger partial charge in [-0.2, -0.15) is 0 Å². The smallest absolute Gasteiger partial charge is 0.410 e. The molecule has 2 rings (SSSR count). The minimum Gasteiger partial charge on any atom is -0.444 e. The van der Waals surface area contributed by atoms with Crippen LogP contribution in [-0.2, 0) is 14.3 Å². The van der Waals surface area contributed by atoms with Crippen LogP contribution >= 0.6 is 0 Å². The summed E-state index contributed by atoms with van der Waals surface area (Å²) in [4.78, 5) is 41.6. The second-order valence-electron chi connectivity index (χ2n) is 12.5. The van der Waals surface area contributed by atoms with E-state index < -0.39 is 23.3 Å². The van der Waals surface area contributed by atoms with Gasteiger partial charge < -0.3 is 24.6 Å². The fourth-order valence-corrected chi connectivity index (χ4v) is 4.28. The third-order valence-corrected chi connectivity index (χ3v) is 6.91. The zero-order valence-electron chi connectivity index (χ0n) is 25.5. The number of hydrogen-bond acceptors (Lipinski definition) is 7. The number of amides is 3. The summed E-state index contributed by atoms with van der Waals surface area (Å²) in [6.45, 7) is 19.6. The van der Waals surface area contributed by atoms with Gasteiger partial charge >= 0.3 is 12.2 Å². The van der Waals surface area contributed by atoms with E-state index >= 15 is 0 Å². The van der Waals surface area contributed by atoms with Crippen molar-refractivity contribution in [1.82, 2.24) is 30.1 Å². The Hall–Kier alpha value is -2.85. The Balaban J connectivity index is 2.04. The van der Waals surface area contributed by atoms with Crippen molar-refractivity contribution in [3.05, 3.63) is 11.9 Å². The number of aromatic nitrogens is 3. The molecular weight excluding hydrogens is 500 g/mol. The normalized spacial score (nSPS) is 16.8. The van der Waals surface area contributed by atoms with Crippen LogP contribution in [-0.4, -0.2) is 86.8 Å². The lowest BCUT2D eigenvalue weighted by Crippen LogP contribution is -2.53. The molecule has 0 radical (unpaired) electrons. The fraction of sp³-hybridized carbons (Fsp3) is 0.821. The Morgan fingerprint density at radius 2 is 1.54 bits per heavy atom. The third kappa shape index (κ3) is 10.7. The van der Waals surface area contributed by atoms with Gasteiger partial charge in [-0.15, -0.1) is 5.10 Å². The second kappa shape index (κ2) is 14.0. The number of carbonyl (C=O) groups excluding carboxylic acids is 3. The quantitative estimate of drug-likeness (QED) is 0.418. The number of piperazine rings is 1. The van der Waals surface area contributed by atoms with Crippen LogP contribution in [0.25, 0.3) is 0 Å². The molecule has 222 valence electrons. The van der Waals surface area contributed by atoms with Crippen LogP contribution in [0.2, 0.25) is 0 Å². The molecule has 0 spiro atoms. The van der Waals surface area contributed by atoms with E-state index in [1.54, 1.807) is 14.5 Å². The number of alkyl carbamates (subject to hydrolysis) is 1. The lowest BCUT2D eigenvalue weighted by atomic mass is 9.91. The molecule has 1 saturated heterocycles. The molecule has 2 heterocycles. The van der Waals surface area contributed by atoms with Gasteiger partial charge in [0.05, 0.1) is 5.69 Å². The van der Waals surface area contributed by atoms with E-state index in [0.29, 0.717) is 57.9 Å². The van der Waals surface area contributed by atoms with E-state index in [-0.39, 0.29) is 17.9 Å². The van der Waals surface area contributed by atoms with Gasteiger partial charge in [-0.1, -0.05) is 32.4 Å². The van der Waals surface area contributed by atoms with Crippen LogP contribution < -0.4 is 5.32 Å². The summed E-state index contributed by atoms with van der Waals surface area (Å²) in [6, 6.07) is -0.509. The number of hydrogen-bond donors (Lipinski definition) is 1. The first-order chi connectivity index (χ1) is 18.1. The van der Waals surface area contributed by atoms with Crippen molar-refractivity contribution in [1.29, 1.82) is 0 Å². The predicted molar refractivity (Wildman–Crippen MR) is 149 cm³/mol. The van der Waals surface area contributed by atoms with Crippen LogP contribution in [0.5, 0.6) is 0 Å².